The standard InChI is InChI=1S/C19H26F3N5O/c1-11-15-16(23-18(24-17(15)28)26-9-3-4-10-26)27(25-11)12(2)13-5-7-14(8-6-13)19(20,21)22/h5-8,11-12,15-16,18,23,25H,3-4,9-10H2,1-2H3,(H,24,28). The Labute approximate surface area is 162 Å². The summed E-state index contributed by atoms with van der Waals surface area (Å²) in [6.45, 7) is 5.76. The van der Waals surface area contributed by atoms with Crippen LogP contribution in [0.2, 0.25) is 0 Å². The highest BCUT2D eigenvalue weighted by atomic mass is 19.4. The van der Waals surface area contributed by atoms with Gasteiger partial charge in [0.2, 0.25) is 5.91 Å². The molecule has 3 fully saturated rings. The number of fused-ring (bicyclic) bond motifs is 1. The van der Waals surface area contributed by atoms with Gasteiger partial charge in [0.05, 0.1) is 17.6 Å². The Bertz CT molecular complexity index is 719. The molecule has 3 aliphatic heterocycles. The molecule has 154 valence electrons. The molecule has 3 aliphatic rings. The molecule has 3 heterocycles. The Morgan fingerprint density at radius 2 is 1.79 bits per heavy atom. The van der Waals surface area contributed by atoms with E-state index in [1.165, 1.54) is 12.1 Å². The molecule has 0 saturated carbocycles. The molecular formula is C19H26F3N5O. The van der Waals surface area contributed by atoms with Crippen LogP contribution in [-0.2, 0) is 11.0 Å². The summed E-state index contributed by atoms with van der Waals surface area (Å²) >= 11 is 0. The van der Waals surface area contributed by atoms with Crippen LogP contribution in [0, 0.1) is 5.92 Å². The van der Waals surface area contributed by atoms with E-state index in [0.29, 0.717) is 0 Å². The number of amides is 1. The summed E-state index contributed by atoms with van der Waals surface area (Å²) in [6, 6.07) is 4.96. The van der Waals surface area contributed by atoms with Crippen LogP contribution in [0.15, 0.2) is 24.3 Å². The molecule has 5 atom stereocenters. The molecule has 3 saturated heterocycles. The van der Waals surface area contributed by atoms with Crippen molar-refractivity contribution in [2.24, 2.45) is 5.92 Å². The summed E-state index contributed by atoms with van der Waals surface area (Å²) in [4.78, 5) is 15.0. The summed E-state index contributed by atoms with van der Waals surface area (Å²) in [5.41, 5.74) is 3.45. The van der Waals surface area contributed by atoms with E-state index >= 15 is 0 Å². The lowest BCUT2D eigenvalue weighted by atomic mass is 9.96. The van der Waals surface area contributed by atoms with Gasteiger partial charge in [-0.05, 0) is 44.4 Å². The number of hydrogen-bond acceptors (Lipinski definition) is 5. The van der Waals surface area contributed by atoms with Gasteiger partial charge in [0.25, 0.3) is 0 Å². The van der Waals surface area contributed by atoms with E-state index in [4.69, 9.17) is 0 Å². The number of carbonyl (C=O) groups excluding carboxylic acids is 1. The molecule has 1 aromatic rings. The monoisotopic (exact) mass is 397 g/mol. The smallest absolute Gasteiger partial charge is 0.327 e. The zero-order chi connectivity index (χ0) is 20.1. The van der Waals surface area contributed by atoms with Crippen molar-refractivity contribution < 1.29 is 18.0 Å². The zero-order valence-electron chi connectivity index (χ0n) is 16.0. The summed E-state index contributed by atoms with van der Waals surface area (Å²) < 4.78 is 38.5. The van der Waals surface area contributed by atoms with E-state index in [9.17, 15) is 18.0 Å². The van der Waals surface area contributed by atoms with Crippen LogP contribution in [0.3, 0.4) is 0 Å². The highest BCUT2D eigenvalue weighted by Gasteiger charge is 2.50. The summed E-state index contributed by atoms with van der Waals surface area (Å²) in [5.74, 6) is -0.265. The highest BCUT2D eigenvalue weighted by molar-refractivity contribution is 5.81. The van der Waals surface area contributed by atoms with Crippen molar-refractivity contribution >= 4 is 5.91 Å². The van der Waals surface area contributed by atoms with E-state index in [-0.39, 0.29) is 36.4 Å². The Morgan fingerprint density at radius 3 is 2.39 bits per heavy atom. The fraction of sp³-hybridized carbons (Fsp3) is 0.632. The molecule has 3 N–H and O–H groups in total. The maximum Gasteiger partial charge on any atom is 0.416 e. The molecule has 0 spiro atoms. The molecule has 28 heavy (non-hydrogen) atoms. The summed E-state index contributed by atoms with van der Waals surface area (Å²) in [5, 5.41) is 8.57. The average molecular weight is 397 g/mol. The number of nitrogens with zero attached hydrogens (tertiary/aromatic N) is 2. The Kier molecular flexibility index (Phi) is 5.11. The third-order valence-corrected chi connectivity index (χ3v) is 6.09. The van der Waals surface area contributed by atoms with Crippen molar-refractivity contribution in [3.05, 3.63) is 35.4 Å². The lowest BCUT2D eigenvalue weighted by Gasteiger charge is -2.42. The van der Waals surface area contributed by atoms with Gasteiger partial charge >= 0.3 is 6.18 Å². The summed E-state index contributed by atoms with van der Waals surface area (Å²) in [7, 11) is 0. The van der Waals surface area contributed by atoms with E-state index < -0.39 is 11.7 Å². The minimum Gasteiger partial charge on any atom is -0.327 e. The molecule has 0 aromatic heterocycles. The molecule has 9 heteroatoms. The van der Waals surface area contributed by atoms with Gasteiger partial charge in [-0.1, -0.05) is 12.1 Å². The second kappa shape index (κ2) is 7.29. The number of halogens is 3. The first kappa shape index (κ1) is 19.6. The van der Waals surface area contributed by atoms with Crippen LogP contribution >= 0.6 is 0 Å². The molecule has 1 amide bonds. The van der Waals surface area contributed by atoms with Crippen molar-refractivity contribution in [1.29, 1.82) is 0 Å². The molecule has 0 aliphatic carbocycles. The minimum absolute atomic E-state index is 0.00256. The number of hydrogen-bond donors (Lipinski definition) is 3. The van der Waals surface area contributed by atoms with Crippen LogP contribution in [0.25, 0.3) is 0 Å². The van der Waals surface area contributed by atoms with Crippen molar-refractivity contribution in [2.45, 2.75) is 57.4 Å². The quantitative estimate of drug-likeness (QED) is 0.729. The first-order valence-electron chi connectivity index (χ1n) is 9.78. The van der Waals surface area contributed by atoms with E-state index in [0.717, 1.165) is 43.6 Å². The van der Waals surface area contributed by atoms with Crippen LogP contribution in [0.5, 0.6) is 0 Å². The predicted molar refractivity (Wildman–Crippen MR) is 97.4 cm³/mol. The fourth-order valence-corrected chi connectivity index (χ4v) is 4.49. The Hall–Kier alpha value is -1.68. The van der Waals surface area contributed by atoms with Gasteiger partial charge in [0.15, 0.2) is 0 Å². The van der Waals surface area contributed by atoms with Gasteiger partial charge in [-0.15, -0.1) is 0 Å². The lowest BCUT2D eigenvalue weighted by Crippen LogP contribution is -2.69. The molecule has 0 bridgehead atoms. The molecule has 6 nitrogen and oxygen atoms in total. The van der Waals surface area contributed by atoms with Gasteiger partial charge in [-0.25, -0.2) is 10.4 Å². The topological polar surface area (TPSA) is 59.6 Å². The highest BCUT2D eigenvalue weighted by Crippen LogP contribution is 2.34. The minimum atomic E-state index is -4.35. The predicted octanol–water partition coefficient (Wildman–Crippen LogP) is 2.02. The molecular weight excluding hydrogens is 371 g/mol. The lowest BCUT2D eigenvalue weighted by molar-refractivity contribution is -0.137. The second-order valence-corrected chi connectivity index (χ2v) is 7.91. The average Bonchev–Trinajstić information content (AvgIpc) is 3.29. The number of alkyl halides is 3. The van der Waals surface area contributed by atoms with E-state index in [2.05, 4.69) is 21.0 Å². The van der Waals surface area contributed by atoms with E-state index in [1.807, 2.05) is 18.9 Å². The van der Waals surface area contributed by atoms with Gasteiger partial charge in [-0.3, -0.25) is 15.0 Å². The number of hydrazine groups is 1. The van der Waals surface area contributed by atoms with E-state index in [1.54, 1.807) is 0 Å². The Balaban J connectivity index is 1.54. The van der Waals surface area contributed by atoms with Gasteiger partial charge in [-0.2, -0.15) is 13.2 Å². The van der Waals surface area contributed by atoms with Crippen LogP contribution in [0.1, 0.15) is 43.9 Å². The molecule has 4 rings (SSSR count). The Morgan fingerprint density at radius 1 is 1.14 bits per heavy atom. The van der Waals surface area contributed by atoms with Crippen molar-refractivity contribution in [2.75, 3.05) is 13.1 Å². The molecule has 1 aromatic carbocycles. The maximum atomic E-state index is 12.8. The molecule has 5 unspecified atom stereocenters. The van der Waals surface area contributed by atoms with Gasteiger partial charge in [0.1, 0.15) is 6.29 Å². The molecule has 0 radical (unpaired) electrons. The second-order valence-electron chi connectivity index (χ2n) is 7.91. The van der Waals surface area contributed by atoms with Crippen molar-refractivity contribution in [1.82, 2.24) is 26.0 Å². The van der Waals surface area contributed by atoms with Crippen LogP contribution in [0.4, 0.5) is 13.2 Å². The fourth-order valence-electron chi connectivity index (χ4n) is 4.49. The van der Waals surface area contributed by atoms with Gasteiger partial charge in [0, 0.05) is 25.2 Å². The number of benzene rings is 1. The van der Waals surface area contributed by atoms with Crippen molar-refractivity contribution in [3.8, 4) is 0 Å². The zero-order valence-corrected chi connectivity index (χ0v) is 16.0. The van der Waals surface area contributed by atoms with Gasteiger partial charge < -0.3 is 5.32 Å². The SMILES string of the molecule is CC1NN(C(C)c2ccc(C(F)(F)F)cc2)C2NC(N3CCCC3)NC(=O)C12. The van der Waals surface area contributed by atoms with Crippen LogP contribution in [-0.4, -0.2) is 47.4 Å². The number of rotatable bonds is 3. The number of carbonyl (C=O) groups is 1. The largest absolute Gasteiger partial charge is 0.416 e. The normalized spacial score (nSPS) is 33.0. The van der Waals surface area contributed by atoms with Crippen LogP contribution < -0.4 is 16.1 Å². The third kappa shape index (κ3) is 3.52. The third-order valence-electron chi connectivity index (χ3n) is 6.09. The first-order chi connectivity index (χ1) is 13.3. The number of nitrogens with one attached hydrogen (secondary N) is 3. The number of likely N-dealkylation sites (tertiary alicyclic amines) is 1. The van der Waals surface area contributed by atoms with Crippen molar-refractivity contribution in [3.63, 3.8) is 0 Å². The summed E-state index contributed by atoms with van der Waals surface area (Å²) in [6.07, 6.45) is -2.57. The first-order valence-corrected chi connectivity index (χ1v) is 9.78. The maximum absolute atomic E-state index is 12.8.